The van der Waals surface area contributed by atoms with E-state index in [-0.39, 0.29) is 17.5 Å². The highest BCUT2D eigenvalue weighted by molar-refractivity contribution is 4.83. The average Bonchev–Trinajstić information content (AvgIpc) is 1.99. The SMILES string of the molecule is CC(C)N(CC(F)(F)F)CC(C)(C)C(C)N. The van der Waals surface area contributed by atoms with Crippen molar-refractivity contribution in [1.29, 1.82) is 0 Å². The number of hydrogen-bond donors (Lipinski definition) is 1. The highest BCUT2D eigenvalue weighted by Gasteiger charge is 2.35. The van der Waals surface area contributed by atoms with E-state index in [9.17, 15) is 13.2 Å². The maximum absolute atomic E-state index is 12.4. The molecule has 1 atom stereocenters. The Balaban J connectivity index is 4.58. The first kappa shape index (κ1) is 15.7. The van der Waals surface area contributed by atoms with Crippen molar-refractivity contribution in [3.8, 4) is 0 Å². The van der Waals surface area contributed by atoms with Crippen molar-refractivity contribution in [2.24, 2.45) is 11.1 Å². The van der Waals surface area contributed by atoms with Crippen LogP contribution in [0.4, 0.5) is 13.2 Å². The van der Waals surface area contributed by atoms with Crippen LogP contribution in [0.25, 0.3) is 0 Å². The van der Waals surface area contributed by atoms with Gasteiger partial charge in [-0.05, 0) is 26.2 Å². The quantitative estimate of drug-likeness (QED) is 0.800. The highest BCUT2D eigenvalue weighted by atomic mass is 19.4. The molecule has 0 aliphatic rings. The first-order chi connectivity index (χ1) is 6.96. The van der Waals surface area contributed by atoms with Crippen LogP contribution in [-0.4, -0.2) is 36.2 Å². The molecule has 0 aromatic heterocycles. The minimum absolute atomic E-state index is 0.137. The zero-order chi connectivity index (χ0) is 13.1. The van der Waals surface area contributed by atoms with Crippen LogP contribution >= 0.6 is 0 Å². The van der Waals surface area contributed by atoms with E-state index < -0.39 is 12.7 Å². The van der Waals surface area contributed by atoms with Crippen LogP contribution in [0.1, 0.15) is 34.6 Å². The average molecular weight is 240 g/mol. The van der Waals surface area contributed by atoms with Crippen molar-refractivity contribution in [2.45, 2.75) is 52.9 Å². The second kappa shape index (κ2) is 5.36. The molecular formula is C11H23F3N2. The van der Waals surface area contributed by atoms with Crippen LogP contribution in [0.2, 0.25) is 0 Å². The Labute approximate surface area is 96.0 Å². The Hall–Kier alpha value is -0.290. The van der Waals surface area contributed by atoms with Crippen LogP contribution in [0, 0.1) is 5.41 Å². The number of nitrogens with zero attached hydrogens (tertiary/aromatic N) is 1. The lowest BCUT2D eigenvalue weighted by atomic mass is 9.85. The van der Waals surface area contributed by atoms with Gasteiger partial charge in [-0.1, -0.05) is 13.8 Å². The molecule has 0 aromatic rings. The van der Waals surface area contributed by atoms with Crippen molar-refractivity contribution in [3.63, 3.8) is 0 Å². The topological polar surface area (TPSA) is 29.3 Å². The van der Waals surface area contributed by atoms with Gasteiger partial charge in [0, 0.05) is 18.6 Å². The molecule has 98 valence electrons. The molecule has 0 aliphatic carbocycles. The van der Waals surface area contributed by atoms with Gasteiger partial charge in [-0.25, -0.2) is 0 Å². The minimum atomic E-state index is -4.15. The number of rotatable bonds is 5. The lowest BCUT2D eigenvalue weighted by molar-refractivity contribution is -0.152. The van der Waals surface area contributed by atoms with Gasteiger partial charge in [-0.2, -0.15) is 13.2 Å². The summed E-state index contributed by atoms with van der Waals surface area (Å²) in [5.41, 5.74) is 5.45. The van der Waals surface area contributed by atoms with Gasteiger partial charge in [-0.3, -0.25) is 4.90 Å². The van der Waals surface area contributed by atoms with Gasteiger partial charge in [0.25, 0.3) is 0 Å². The second-order valence-electron chi connectivity index (χ2n) is 5.39. The molecule has 0 rings (SSSR count). The van der Waals surface area contributed by atoms with Crippen LogP contribution in [0.3, 0.4) is 0 Å². The molecule has 0 aromatic carbocycles. The Morgan fingerprint density at radius 1 is 1.06 bits per heavy atom. The number of hydrogen-bond acceptors (Lipinski definition) is 2. The van der Waals surface area contributed by atoms with Crippen LogP contribution < -0.4 is 5.73 Å². The second-order valence-corrected chi connectivity index (χ2v) is 5.39. The summed E-state index contributed by atoms with van der Waals surface area (Å²) < 4.78 is 37.1. The molecule has 16 heavy (non-hydrogen) atoms. The van der Waals surface area contributed by atoms with E-state index >= 15 is 0 Å². The van der Waals surface area contributed by atoms with Crippen molar-refractivity contribution in [3.05, 3.63) is 0 Å². The Kier molecular flexibility index (Phi) is 5.26. The molecule has 0 heterocycles. The van der Waals surface area contributed by atoms with E-state index in [0.717, 1.165) is 0 Å². The summed E-state index contributed by atoms with van der Waals surface area (Å²) in [5, 5.41) is 0. The summed E-state index contributed by atoms with van der Waals surface area (Å²) in [5.74, 6) is 0. The van der Waals surface area contributed by atoms with Crippen LogP contribution in [0.5, 0.6) is 0 Å². The molecule has 5 heteroatoms. The predicted octanol–water partition coefficient (Wildman–Crippen LogP) is 2.63. The maximum atomic E-state index is 12.4. The molecule has 0 bridgehead atoms. The molecule has 0 amide bonds. The van der Waals surface area contributed by atoms with Gasteiger partial charge in [0.15, 0.2) is 0 Å². The summed E-state index contributed by atoms with van der Waals surface area (Å²) in [7, 11) is 0. The third-order valence-electron chi connectivity index (χ3n) is 2.96. The van der Waals surface area contributed by atoms with E-state index in [0.29, 0.717) is 6.54 Å². The number of nitrogens with two attached hydrogens (primary N) is 1. The molecule has 0 aliphatic heterocycles. The maximum Gasteiger partial charge on any atom is 0.401 e. The van der Waals surface area contributed by atoms with Crippen molar-refractivity contribution in [2.75, 3.05) is 13.1 Å². The van der Waals surface area contributed by atoms with E-state index in [2.05, 4.69) is 0 Å². The lowest BCUT2D eigenvalue weighted by Crippen LogP contribution is -2.49. The number of halogens is 3. The summed E-state index contributed by atoms with van der Waals surface area (Å²) in [4.78, 5) is 1.42. The van der Waals surface area contributed by atoms with Crippen LogP contribution in [0.15, 0.2) is 0 Å². The van der Waals surface area contributed by atoms with Gasteiger partial charge < -0.3 is 5.73 Å². The molecule has 0 spiro atoms. The fourth-order valence-electron chi connectivity index (χ4n) is 1.32. The van der Waals surface area contributed by atoms with Gasteiger partial charge in [0.1, 0.15) is 0 Å². The standard InChI is InChI=1S/C11H23F3N2/c1-8(2)16(7-11(12,13)14)6-10(4,5)9(3)15/h8-9H,6-7,15H2,1-5H3. The van der Waals surface area contributed by atoms with Gasteiger partial charge in [0.2, 0.25) is 0 Å². The predicted molar refractivity (Wildman–Crippen MR) is 60.2 cm³/mol. The summed E-state index contributed by atoms with van der Waals surface area (Å²) in [6.45, 7) is 8.62. The molecule has 1 unspecified atom stereocenters. The molecule has 2 nitrogen and oxygen atoms in total. The largest absolute Gasteiger partial charge is 0.401 e. The molecular weight excluding hydrogens is 217 g/mol. The zero-order valence-corrected chi connectivity index (χ0v) is 10.7. The summed E-state index contributed by atoms with van der Waals surface area (Å²) in [6.07, 6.45) is -4.15. The lowest BCUT2D eigenvalue weighted by Gasteiger charge is -2.37. The van der Waals surface area contributed by atoms with Crippen molar-refractivity contribution in [1.82, 2.24) is 4.90 Å². The molecule has 0 radical (unpaired) electrons. The monoisotopic (exact) mass is 240 g/mol. The van der Waals surface area contributed by atoms with Gasteiger partial charge in [-0.15, -0.1) is 0 Å². The Morgan fingerprint density at radius 3 is 1.75 bits per heavy atom. The fraction of sp³-hybridized carbons (Fsp3) is 1.00. The minimum Gasteiger partial charge on any atom is -0.327 e. The molecule has 0 saturated heterocycles. The summed E-state index contributed by atoms with van der Waals surface area (Å²) >= 11 is 0. The van der Waals surface area contributed by atoms with Crippen LogP contribution in [-0.2, 0) is 0 Å². The molecule has 2 N–H and O–H groups in total. The van der Waals surface area contributed by atoms with Crippen molar-refractivity contribution < 1.29 is 13.2 Å². The smallest absolute Gasteiger partial charge is 0.327 e. The Bertz CT molecular complexity index is 210. The molecule has 0 fully saturated rings. The third-order valence-corrected chi connectivity index (χ3v) is 2.96. The Morgan fingerprint density at radius 2 is 1.50 bits per heavy atom. The van der Waals surface area contributed by atoms with Gasteiger partial charge >= 0.3 is 6.18 Å². The van der Waals surface area contributed by atoms with Crippen molar-refractivity contribution >= 4 is 0 Å². The highest BCUT2D eigenvalue weighted by Crippen LogP contribution is 2.25. The first-order valence-electron chi connectivity index (χ1n) is 5.52. The normalized spacial score (nSPS) is 15.9. The van der Waals surface area contributed by atoms with Gasteiger partial charge in [0.05, 0.1) is 6.54 Å². The van der Waals surface area contributed by atoms with E-state index in [1.165, 1.54) is 4.90 Å². The van der Waals surface area contributed by atoms with E-state index in [1.807, 2.05) is 20.8 Å². The third kappa shape index (κ3) is 5.70. The fourth-order valence-corrected chi connectivity index (χ4v) is 1.32. The molecule has 0 saturated carbocycles. The first-order valence-corrected chi connectivity index (χ1v) is 5.52. The zero-order valence-electron chi connectivity index (χ0n) is 10.7. The number of alkyl halides is 3. The summed E-state index contributed by atoms with van der Waals surface area (Å²) in [6, 6.07) is -0.276. The van der Waals surface area contributed by atoms with E-state index in [4.69, 9.17) is 5.73 Å². The van der Waals surface area contributed by atoms with E-state index in [1.54, 1.807) is 13.8 Å².